The van der Waals surface area contributed by atoms with Crippen LogP contribution in [0.3, 0.4) is 0 Å². The fourth-order valence-electron chi connectivity index (χ4n) is 3.27. The van der Waals surface area contributed by atoms with E-state index in [9.17, 15) is 9.59 Å². The first-order valence-electron chi connectivity index (χ1n) is 9.84. The van der Waals surface area contributed by atoms with Gasteiger partial charge in [0.2, 0.25) is 11.8 Å². The van der Waals surface area contributed by atoms with Gasteiger partial charge in [-0.1, -0.05) is 18.2 Å². The minimum atomic E-state index is -0.330. The summed E-state index contributed by atoms with van der Waals surface area (Å²) in [6.07, 6.45) is 4.83. The van der Waals surface area contributed by atoms with Crippen molar-refractivity contribution in [2.75, 3.05) is 24.8 Å². The molecule has 1 atom stereocenters. The highest BCUT2D eigenvalue weighted by atomic mass is 16.3. The van der Waals surface area contributed by atoms with E-state index >= 15 is 0 Å². The Balaban J connectivity index is 0.00000132. The molecule has 31 heavy (non-hydrogen) atoms. The zero-order chi connectivity index (χ0) is 22.5. The second kappa shape index (κ2) is 9.44. The third-order valence-electron chi connectivity index (χ3n) is 5.03. The van der Waals surface area contributed by atoms with Gasteiger partial charge in [0.05, 0.1) is 12.2 Å². The molecule has 0 spiro atoms. The van der Waals surface area contributed by atoms with Gasteiger partial charge in [-0.3, -0.25) is 9.59 Å². The number of aliphatic hydroxyl groups excluding tert-OH is 1. The minimum absolute atomic E-state index is 0.119. The number of hydrogen-bond acceptors (Lipinski definition) is 6. The Morgan fingerprint density at radius 1 is 1.32 bits per heavy atom. The topological polar surface area (TPSA) is 108 Å². The summed E-state index contributed by atoms with van der Waals surface area (Å²) in [5.41, 5.74) is 3.37. The second-order valence-electron chi connectivity index (χ2n) is 7.19. The average Bonchev–Trinajstić information content (AvgIpc) is 3.09. The van der Waals surface area contributed by atoms with Crippen LogP contribution >= 0.6 is 0 Å². The summed E-state index contributed by atoms with van der Waals surface area (Å²) in [6.45, 7) is 4.16. The van der Waals surface area contributed by atoms with Gasteiger partial charge < -0.3 is 25.1 Å². The summed E-state index contributed by atoms with van der Waals surface area (Å²) >= 11 is 0. The molecule has 0 fully saturated rings. The van der Waals surface area contributed by atoms with Crippen molar-refractivity contribution in [2.45, 2.75) is 26.4 Å². The van der Waals surface area contributed by atoms with Crippen LogP contribution < -0.4 is 10.6 Å². The van der Waals surface area contributed by atoms with Gasteiger partial charge >= 0.3 is 0 Å². The van der Waals surface area contributed by atoms with Gasteiger partial charge in [0.1, 0.15) is 17.4 Å². The van der Waals surface area contributed by atoms with Crippen molar-refractivity contribution >= 4 is 40.4 Å². The minimum Gasteiger partial charge on any atom is -0.459 e. The first kappa shape index (κ1) is 22.0. The number of aryl methyl sites for hydroxylation is 1. The van der Waals surface area contributed by atoms with Crippen molar-refractivity contribution in [1.82, 2.24) is 9.88 Å². The summed E-state index contributed by atoms with van der Waals surface area (Å²) in [4.78, 5) is 30.1. The van der Waals surface area contributed by atoms with Crippen LogP contribution in [0.2, 0.25) is 0 Å². The van der Waals surface area contributed by atoms with E-state index in [2.05, 4.69) is 15.6 Å². The lowest BCUT2D eigenvalue weighted by Crippen LogP contribution is -2.36. The molecule has 0 aliphatic carbocycles. The van der Waals surface area contributed by atoms with Crippen LogP contribution in [0, 0.1) is 6.92 Å². The zero-order valence-corrected chi connectivity index (χ0v) is 18.0. The van der Waals surface area contributed by atoms with Gasteiger partial charge in [-0.2, -0.15) is 0 Å². The Morgan fingerprint density at radius 3 is 2.81 bits per heavy atom. The van der Waals surface area contributed by atoms with E-state index in [1.54, 1.807) is 31.1 Å². The number of likely N-dealkylation sites (N-methyl/N-ethyl adjacent to an activating group) is 1. The zero-order valence-electron chi connectivity index (χ0n) is 18.0. The number of carbonyl (C=O) groups excluding carboxylic acids is 2. The SMILES string of the molecule is CO.Cc1c(CN(C)C(=O)/C=C/c2cnc3c(c2)NC(C)C(=O)N3)oc2ccccc12. The second-order valence-corrected chi connectivity index (χ2v) is 7.19. The number of anilines is 2. The number of nitrogens with zero attached hydrogens (tertiary/aromatic N) is 2. The summed E-state index contributed by atoms with van der Waals surface area (Å²) in [5, 5.41) is 13.9. The Labute approximate surface area is 180 Å². The normalized spacial score (nSPS) is 15.0. The van der Waals surface area contributed by atoms with Crippen LogP contribution in [0.25, 0.3) is 17.0 Å². The van der Waals surface area contributed by atoms with Crippen molar-refractivity contribution in [3.63, 3.8) is 0 Å². The average molecular weight is 422 g/mol. The maximum absolute atomic E-state index is 12.5. The number of amides is 2. The van der Waals surface area contributed by atoms with Crippen molar-refractivity contribution in [3.05, 3.63) is 59.5 Å². The molecule has 8 nitrogen and oxygen atoms in total. The molecule has 0 saturated carbocycles. The maximum atomic E-state index is 12.5. The van der Waals surface area contributed by atoms with Gasteiger partial charge in [0, 0.05) is 37.4 Å². The predicted molar refractivity (Wildman–Crippen MR) is 121 cm³/mol. The van der Waals surface area contributed by atoms with Crippen LogP contribution in [0.1, 0.15) is 23.8 Å². The van der Waals surface area contributed by atoms with Crippen molar-refractivity contribution in [3.8, 4) is 0 Å². The quantitative estimate of drug-likeness (QED) is 0.558. The number of nitrogens with one attached hydrogen (secondary N) is 2. The van der Waals surface area contributed by atoms with E-state index in [1.165, 1.54) is 6.08 Å². The van der Waals surface area contributed by atoms with Gasteiger partial charge in [0.15, 0.2) is 5.82 Å². The molecule has 1 aliphatic heterocycles. The number of hydrogen-bond donors (Lipinski definition) is 3. The summed E-state index contributed by atoms with van der Waals surface area (Å²) < 4.78 is 5.89. The third-order valence-corrected chi connectivity index (χ3v) is 5.03. The molecule has 0 radical (unpaired) electrons. The molecule has 2 amide bonds. The van der Waals surface area contributed by atoms with Gasteiger partial charge in [-0.15, -0.1) is 0 Å². The maximum Gasteiger partial charge on any atom is 0.247 e. The van der Waals surface area contributed by atoms with Crippen LogP contribution in [0.4, 0.5) is 11.5 Å². The molecule has 162 valence electrons. The number of fused-ring (bicyclic) bond motifs is 2. The number of benzene rings is 1. The molecule has 3 N–H and O–H groups in total. The van der Waals surface area contributed by atoms with Crippen LogP contribution in [0.15, 0.2) is 47.0 Å². The van der Waals surface area contributed by atoms with E-state index in [0.717, 1.165) is 40.7 Å². The molecular weight excluding hydrogens is 396 g/mol. The van der Waals surface area contributed by atoms with Crippen molar-refractivity contribution < 1.29 is 19.1 Å². The standard InChI is InChI=1S/C22H22N4O3.CH4O/c1-13-16-6-4-5-7-18(16)29-19(13)12-26(3)20(27)9-8-15-10-17-21(23-11-15)25-22(28)14(2)24-17;1-2/h4-11,14,24H,12H2,1-3H3,(H,23,25,28);2H,1H3/b9-8+;. The smallest absolute Gasteiger partial charge is 0.247 e. The molecule has 1 aromatic carbocycles. The van der Waals surface area contributed by atoms with Gasteiger partial charge in [0.25, 0.3) is 0 Å². The summed E-state index contributed by atoms with van der Waals surface area (Å²) in [7, 11) is 2.74. The molecule has 8 heteroatoms. The van der Waals surface area contributed by atoms with E-state index in [4.69, 9.17) is 9.52 Å². The fourth-order valence-corrected chi connectivity index (χ4v) is 3.27. The van der Waals surface area contributed by atoms with Crippen LogP contribution in [-0.4, -0.2) is 47.0 Å². The summed E-state index contributed by atoms with van der Waals surface area (Å²) in [6, 6.07) is 9.36. The lowest BCUT2D eigenvalue weighted by atomic mass is 10.1. The molecular formula is C23H26N4O4. The number of carbonyl (C=O) groups is 2. The van der Waals surface area contributed by atoms with E-state index in [0.29, 0.717) is 12.4 Å². The van der Waals surface area contributed by atoms with Crippen LogP contribution in [-0.2, 0) is 16.1 Å². The molecule has 1 unspecified atom stereocenters. The largest absolute Gasteiger partial charge is 0.459 e. The van der Waals surface area contributed by atoms with Gasteiger partial charge in [-0.05, 0) is 37.6 Å². The Kier molecular flexibility index (Phi) is 6.71. The molecule has 3 aromatic rings. The van der Waals surface area contributed by atoms with Crippen molar-refractivity contribution in [2.24, 2.45) is 0 Å². The molecule has 3 heterocycles. The highest BCUT2D eigenvalue weighted by molar-refractivity contribution is 6.01. The number of para-hydroxylation sites is 1. The van der Waals surface area contributed by atoms with Gasteiger partial charge in [-0.25, -0.2) is 4.98 Å². The number of rotatable bonds is 4. The summed E-state index contributed by atoms with van der Waals surface area (Å²) in [5.74, 6) is 1.01. The van der Waals surface area contributed by atoms with Crippen molar-refractivity contribution in [1.29, 1.82) is 0 Å². The highest BCUT2D eigenvalue weighted by Gasteiger charge is 2.22. The Hall–Kier alpha value is -3.65. The number of pyridine rings is 1. The molecule has 0 bridgehead atoms. The molecule has 0 saturated heterocycles. The van der Waals surface area contributed by atoms with E-state index in [1.807, 2.05) is 37.3 Å². The highest BCUT2D eigenvalue weighted by Crippen LogP contribution is 2.27. The first-order valence-corrected chi connectivity index (χ1v) is 9.84. The predicted octanol–water partition coefficient (Wildman–Crippen LogP) is 3.17. The molecule has 4 rings (SSSR count). The Morgan fingerprint density at radius 2 is 2.06 bits per heavy atom. The number of furan rings is 1. The molecule has 1 aliphatic rings. The monoisotopic (exact) mass is 422 g/mol. The third kappa shape index (κ3) is 4.75. The molecule has 2 aromatic heterocycles. The lowest BCUT2D eigenvalue weighted by molar-refractivity contribution is -0.125. The number of aromatic nitrogens is 1. The Bertz CT molecular complexity index is 1140. The van der Waals surface area contributed by atoms with Crippen LogP contribution in [0.5, 0.6) is 0 Å². The van der Waals surface area contributed by atoms with E-state index < -0.39 is 0 Å². The lowest BCUT2D eigenvalue weighted by Gasteiger charge is -2.23. The fraction of sp³-hybridized carbons (Fsp3) is 0.261. The first-order chi connectivity index (χ1) is 14.9. The number of aliphatic hydroxyl groups is 1. The van der Waals surface area contributed by atoms with E-state index in [-0.39, 0.29) is 17.9 Å².